The fourth-order valence-electron chi connectivity index (χ4n) is 2.64. The van der Waals surface area contributed by atoms with Gasteiger partial charge >= 0.3 is 0 Å². The maximum absolute atomic E-state index is 5.81. The van der Waals surface area contributed by atoms with Crippen molar-refractivity contribution in [1.29, 1.82) is 0 Å². The Hall–Kier alpha value is -2.14. The molecule has 2 aromatic rings. The average Bonchev–Trinajstić information content (AvgIpc) is 3.01. The zero-order valence-electron chi connectivity index (χ0n) is 12.3. The third kappa shape index (κ3) is 2.69. The van der Waals surface area contributed by atoms with Gasteiger partial charge in [-0.25, -0.2) is 0 Å². The third-order valence-electron chi connectivity index (χ3n) is 3.63. The van der Waals surface area contributed by atoms with Crippen LogP contribution in [0.5, 0.6) is 11.6 Å². The summed E-state index contributed by atoms with van der Waals surface area (Å²) < 4.78 is 10.9. The second kappa shape index (κ2) is 6.10. The maximum Gasteiger partial charge on any atom is 0.233 e. The molecule has 0 fully saturated rings. The average molecular weight is 285 g/mol. The van der Waals surface area contributed by atoms with Crippen molar-refractivity contribution in [2.75, 3.05) is 20.3 Å². The van der Waals surface area contributed by atoms with Gasteiger partial charge in [0.25, 0.3) is 0 Å². The number of benzene rings is 1. The number of nitrogens with zero attached hydrogens (tertiary/aromatic N) is 2. The number of ether oxygens (including phenoxy) is 2. The monoisotopic (exact) mass is 285 g/mol. The summed E-state index contributed by atoms with van der Waals surface area (Å²) in [4.78, 5) is 0. The molecule has 5 nitrogen and oxygen atoms in total. The number of hydrogen-bond donors (Lipinski definition) is 1. The second-order valence-corrected chi connectivity index (χ2v) is 4.93. The predicted molar refractivity (Wildman–Crippen MR) is 79.7 cm³/mol. The zero-order chi connectivity index (χ0) is 14.7. The highest BCUT2D eigenvalue weighted by Gasteiger charge is 2.24. The van der Waals surface area contributed by atoms with Crippen LogP contribution in [0.1, 0.15) is 29.8 Å². The normalized spacial score (nSPS) is 14.4. The number of aromatic nitrogens is 2. The smallest absolute Gasteiger partial charge is 0.233 e. The summed E-state index contributed by atoms with van der Waals surface area (Å²) in [5.74, 6) is 1.50. The van der Waals surface area contributed by atoms with Crippen LogP contribution >= 0.6 is 0 Å². The lowest BCUT2D eigenvalue weighted by molar-refractivity contribution is 0.350. The van der Waals surface area contributed by atoms with E-state index in [1.807, 2.05) is 12.1 Å². The molecule has 3 rings (SSSR count). The number of rotatable bonds is 5. The van der Waals surface area contributed by atoms with Crippen molar-refractivity contribution < 1.29 is 9.47 Å². The van der Waals surface area contributed by atoms with Gasteiger partial charge in [0.2, 0.25) is 5.88 Å². The molecule has 0 saturated carbocycles. The standard InChI is InChI=1S/C16H19N3O2/c1-3-17-15(13-7-8-14(20-2)19-18-13)12-6-4-5-11-9-10-21-16(11)12/h4-8,15,17H,3,9-10H2,1-2H3. The summed E-state index contributed by atoms with van der Waals surface area (Å²) in [6, 6.07) is 10.0. The van der Waals surface area contributed by atoms with Crippen LogP contribution in [0.4, 0.5) is 0 Å². The molecule has 0 amide bonds. The van der Waals surface area contributed by atoms with E-state index in [2.05, 4.69) is 40.6 Å². The quantitative estimate of drug-likeness (QED) is 0.912. The molecule has 0 saturated heterocycles. The van der Waals surface area contributed by atoms with E-state index in [0.29, 0.717) is 5.88 Å². The Morgan fingerprint density at radius 1 is 1.29 bits per heavy atom. The minimum atomic E-state index is -0.0264. The Morgan fingerprint density at radius 2 is 2.19 bits per heavy atom. The first kappa shape index (κ1) is 13.8. The Morgan fingerprint density at radius 3 is 2.90 bits per heavy atom. The molecule has 110 valence electrons. The van der Waals surface area contributed by atoms with Gasteiger partial charge in [0.15, 0.2) is 0 Å². The van der Waals surface area contributed by atoms with Gasteiger partial charge in [-0.05, 0) is 18.2 Å². The first-order valence-corrected chi connectivity index (χ1v) is 7.19. The van der Waals surface area contributed by atoms with Gasteiger partial charge in [0.1, 0.15) is 5.75 Å². The minimum Gasteiger partial charge on any atom is -0.493 e. The lowest BCUT2D eigenvalue weighted by Crippen LogP contribution is -2.23. The van der Waals surface area contributed by atoms with Gasteiger partial charge in [-0.3, -0.25) is 0 Å². The lowest BCUT2D eigenvalue weighted by Gasteiger charge is -2.20. The van der Waals surface area contributed by atoms with E-state index in [0.717, 1.165) is 36.6 Å². The fraction of sp³-hybridized carbons (Fsp3) is 0.375. The molecule has 0 radical (unpaired) electrons. The predicted octanol–water partition coefficient (Wildman–Crippen LogP) is 2.12. The summed E-state index contributed by atoms with van der Waals surface area (Å²) in [5.41, 5.74) is 3.24. The second-order valence-electron chi connectivity index (χ2n) is 4.93. The Labute approximate surface area is 124 Å². The van der Waals surface area contributed by atoms with Crippen molar-refractivity contribution in [1.82, 2.24) is 15.5 Å². The zero-order valence-corrected chi connectivity index (χ0v) is 12.3. The van der Waals surface area contributed by atoms with Crippen molar-refractivity contribution in [3.63, 3.8) is 0 Å². The van der Waals surface area contributed by atoms with Gasteiger partial charge in [-0.1, -0.05) is 25.1 Å². The van der Waals surface area contributed by atoms with Gasteiger partial charge in [-0.2, -0.15) is 0 Å². The van der Waals surface area contributed by atoms with E-state index in [9.17, 15) is 0 Å². The van der Waals surface area contributed by atoms with Crippen molar-refractivity contribution >= 4 is 0 Å². The summed E-state index contributed by atoms with van der Waals surface area (Å²) >= 11 is 0. The molecule has 1 aliphatic heterocycles. The molecule has 5 heteroatoms. The molecule has 0 bridgehead atoms. The number of para-hydroxylation sites is 1. The van der Waals surface area contributed by atoms with E-state index in [4.69, 9.17) is 9.47 Å². The van der Waals surface area contributed by atoms with Gasteiger partial charge < -0.3 is 14.8 Å². The van der Waals surface area contributed by atoms with Crippen molar-refractivity contribution in [3.05, 3.63) is 47.2 Å². The highest BCUT2D eigenvalue weighted by atomic mass is 16.5. The van der Waals surface area contributed by atoms with Crippen molar-refractivity contribution in [2.24, 2.45) is 0 Å². The molecule has 0 aliphatic carbocycles. The summed E-state index contributed by atoms with van der Waals surface area (Å²) in [6.45, 7) is 3.66. The van der Waals surface area contributed by atoms with E-state index in [-0.39, 0.29) is 6.04 Å². The molecule has 1 aromatic carbocycles. The molecular formula is C16H19N3O2. The van der Waals surface area contributed by atoms with E-state index in [1.54, 1.807) is 7.11 Å². The Balaban J connectivity index is 1.99. The van der Waals surface area contributed by atoms with E-state index in [1.165, 1.54) is 5.56 Å². The molecule has 1 aromatic heterocycles. The van der Waals surface area contributed by atoms with Gasteiger partial charge in [0.05, 0.1) is 25.5 Å². The van der Waals surface area contributed by atoms with Gasteiger partial charge in [0, 0.05) is 18.1 Å². The van der Waals surface area contributed by atoms with Crippen molar-refractivity contribution in [2.45, 2.75) is 19.4 Å². The maximum atomic E-state index is 5.81. The lowest BCUT2D eigenvalue weighted by atomic mass is 9.99. The largest absolute Gasteiger partial charge is 0.493 e. The van der Waals surface area contributed by atoms with Crippen LogP contribution in [0.25, 0.3) is 0 Å². The highest BCUT2D eigenvalue weighted by molar-refractivity contribution is 5.47. The molecule has 1 atom stereocenters. The number of methoxy groups -OCH3 is 1. The van der Waals surface area contributed by atoms with Crippen LogP contribution in [0, 0.1) is 0 Å². The van der Waals surface area contributed by atoms with Crippen LogP contribution in [0.3, 0.4) is 0 Å². The fourth-order valence-corrected chi connectivity index (χ4v) is 2.64. The van der Waals surface area contributed by atoms with Crippen LogP contribution in [0.15, 0.2) is 30.3 Å². The molecule has 21 heavy (non-hydrogen) atoms. The topological polar surface area (TPSA) is 56.3 Å². The summed E-state index contributed by atoms with van der Waals surface area (Å²) in [5, 5.41) is 11.8. The third-order valence-corrected chi connectivity index (χ3v) is 3.63. The van der Waals surface area contributed by atoms with E-state index >= 15 is 0 Å². The molecule has 1 aliphatic rings. The first-order valence-electron chi connectivity index (χ1n) is 7.19. The number of nitrogens with one attached hydrogen (secondary N) is 1. The number of fused-ring (bicyclic) bond motifs is 1. The van der Waals surface area contributed by atoms with Crippen LogP contribution in [-0.4, -0.2) is 30.5 Å². The molecule has 1 N–H and O–H groups in total. The van der Waals surface area contributed by atoms with Crippen LogP contribution in [-0.2, 0) is 6.42 Å². The molecule has 2 heterocycles. The molecule has 1 unspecified atom stereocenters. The van der Waals surface area contributed by atoms with Gasteiger partial charge in [-0.15, -0.1) is 10.2 Å². The molecular weight excluding hydrogens is 266 g/mol. The van der Waals surface area contributed by atoms with Crippen LogP contribution in [0.2, 0.25) is 0 Å². The van der Waals surface area contributed by atoms with Crippen LogP contribution < -0.4 is 14.8 Å². The Kier molecular flexibility index (Phi) is 4.01. The summed E-state index contributed by atoms with van der Waals surface area (Å²) in [7, 11) is 1.59. The SMILES string of the molecule is CCNC(c1ccc(OC)nn1)c1cccc2c1OCC2. The Bertz CT molecular complexity index is 613. The molecule has 0 spiro atoms. The highest BCUT2D eigenvalue weighted by Crippen LogP contribution is 2.35. The van der Waals surface area contributed by atoms with E-state index < -0.39 is 0 Å². The number of hydrogen-bond acceptors (Lipinski definition) is 5. The summed E-state index contributed by atoms with van der Waals surface area (Å²) in [6.07, 6.45) is 0.969. The minimum absolute atomic E-state index is 0.0264. The van der Waals surface area contributed by atoms with Crippen molar-refractivity contribution in [3.8, 4) is 11.6 Å². The first-order chi connectivity index (χ1) is 10.3.